The Morgan fingerprint density at radius 3 is 1.62 bits per heavy atom. The van der Waals surface area contributed by atoms with Gasteiger partial charge in [0, 0.05) is 5.92 Å². The van der Waals surface area contributed by atoms with Gasteiger partial charge in [0.2, 0.25) is 6.43 Å². The molecule has 3 saturated carbocycles. The summed E-state index contributed by atoms with van der Waals surface area (Å²) in [5.41, 5.74) is 0. The summed E-state index contributed by atoms with van der Waals surface area (Å²) in [6, 6.07) is 0. The average Bonchev–Trinajstić information content (AvgIpc) is 2.53. The number of rotatable bonds is 3. The minimum Gasteiger partial charge on any atom is -0.247 e. The molecule has 6 atom stereocenters. The Morgan fingerprint density at radius 1 is 0.577 bits per heavy atom. The summed E-state index contributed by atoms with van der Waals surface area (Å²) in [6.45, 7) is 0. The molecule has 26 heavy (non-hydrogen) atoms. The molecule has 0 radical (unpaired) electrons. The van der Waals surface area contributed by atoms with Crippen LogP contribution in [0.5, 0.6) is 0 Å². The minimum atomic E-state index is -3.11. The van der Waals surface area contributed by atoms with Crippen molar-refractivity contribution in [1.29, 1.82) is 0 Å². The highest BCUT2D eigenvalue weighted by Gasteiger charge is 2.51. The zero-order chi connectivity index (χ0) is 19.0. The molecule has 152 valence electrons. The molecule has 0 amide bonds. The largest absolute Gasteiger partial charge is 0.247 e. The van der Waals surface area contributed by atoms with Crippen molar-refractivity contribution in [2.24, 2.45) is 29.6 Å². The third kappa shape index (κ3) is 4.16. The van der Waals surface area contributed by atoms with Crippen molar-refractivity contribution in [3.63, 3.8) is 0 Å². The molecule has 3 fully saturated rings. The highest BCUT2D eigenvalue weighted by atomic mass is 19.3. The molecule has 0 bridgehead atoms. The molecule has 3 rings (SSSR count). The number of hydrogen-bond acceptors (Lipinski definition) is 0. The van der Waals surface area contributed by atoms with Crippen LogP contribution in [-0.4, -0.2) is 37.3 Å². The van der Waals surface area contributed by atoms with Gasteiger partial charge in [0.1, 0.15) is 30.9 Å². The number of halogens is 7. The topological polar surface area (TPSA) is 0 Å². The molecule has 0 nitrogen and oxygen atoms in total. The Hall–Kier alpha value is -0.490. The van der Waals surface area contributed by atoms with E-state index in [9.17, 15) is 30.7 Å². The van der Waals surface area contributed by atoms with Gasteiger partial charge in [-0.3, -0.25) is 0 Å². The highest BCUT2D eigenvalue weighted by Crippen LogP contribution is 2.49. The predicted octanol–water partition coefficient (Wildman–Crippen LogP) is 6.18. The van der Waals surface area contributed by atoms with Gasteiger partial charge in [-0.25, -0.2) is 30.7 Å². The molecule has 6 unspecified atom stereocenters. The second kappa shape index (κ2) is 8.26. The van der Waals surface area contributed by atoms with Crippen molar-refractivity contribution in [1.82, 2.24) is 0 Å². The van der Waals surface area contributed by atoms with E-state index in [2.05, 4.69) is 0 Å². The lowest BCUT2D eigenvalue weighted by molar-refractivity contribution is -0.0876. The minimum absolute atomic E-state index is 0.0476. The van der Waals surface area contributed by atoms with Crippen molar-refractivity contribution in [2.75, 3.05) is 0 Å². The first-order chi connectivity index (χ1) is 12.3. The van der Waals surface area contributed by atoms with E-state index in [0.717, 1.165) is 6.42 Å². The van der Waals surface area contributed by atoms with Gasteiger partial charge in [-0.1, -0.05) is 6.42 Å². The summed E-state index contributed by atoms with van der Waals surface area (Å²) in [5.74, 6) is -4.35. The van der Waals surface area contributed by atoms with Gasteiger partial charge < -0.3 is 0 Å². The SMILES string of the molecule is FC1CCCC(C2CC(F)C(C3CC(F)C(C(F)F)C(F)C3)C(F)C2)C1. The van der Waals surface area contributed by atoms with E-state index in [-0.39, 0.29) is 24.7 Å². The molecule has 0 aliphatic heterocycles. The Balaban J connectivity index is 1.63. The second-order valence-corrected chi connectivity index (χ2v) is 8.54. The van der Waals surface area contributed by atoms with Crippen LogP contribution in [0.25, 0.3) is 0 Å². The van der Waals surface area contributed by atoms with Crippen molar-refractivity contribution < 1.29 is 30.7 Å². The fourth-order valence-electron chi connectivity index (χ4n) is 5.63. The van der Waals surface area contributed by atoms with E-state index in [1.165, 1.54) is 0 Å². The van der Waals surface area contributed by atoms with Crippen molar-refractivity contribution in [3.05, 3.63) is 0 Å². The number of hydrogen-bond donors (Lipinski definition) is 0. The van der Waals surface area contributed by atoms with E-state index in [1.54, 1.807) is 0 Å². The molecule has 0 aromatic heterocycles. The van der Waals surface area contributed by atoms with Gasteiger partial charge in [-0.15, -0.1) is 0 Å². The van der Waals surface area contributed by atoms with Crippen LogP contribution in [0.2, 0.25) is 0 Å². The molecule has 0 saturated heterocycles. The maximum atomic E-state index is 14.8. The van der Waals surface area contributed by atoms with Crippen LogP contribution in [0.4, 0.5) is 30.7 Å². The van der Waals surface area contributed by atoms with Crippen molar-refractivity contribution in [3.8, 4) is 0 Å². The normalized spacial score (nSPS) is 50.8. The van der Waals surface area contributed by atoms with Crippen LogP contribution in [0.15, 0.2) is 0 Å². The van der Waals surface area contributed by atoms with E-state index < -0.39 is 67.9 Å². The molecule has 0 N–H and O–H groups in total. The third-order valence-corrected chi connectivity index (χ3v) is 6.93. The Labute approximate surface area is 149 Å². The summed E-state index contributed by atoms with van der Waals surface area (Å²) in [7, 11) is 0. The molecule has 3 aliphatic rings. The Kier molecular flexibility index (Phi) is 6.43. The summed E-state index contributed by atoms with van der Waals surface area (Å²) in [5, 5.41) is 0. The van der Waals surface area contributed by atoms with Gasteiger partial charge in [0.05, 0.1) is 5.92 Å². The highest BCUT2D eigenvalue weighted by molar-refractivity contribution is 4.98. The zero-order valence-corrected chi connectivity index (χ0v) is 14.7. The smallest absolute Gasteiger partial charge is 0.247 e. The van der Waals surface area contributed by atoms with E-state index in [4.69, 9.17) is 0 Å². The molecular weight excluding hydrogens is 361 g/mol. The lowest BCUT2D eigenvalue weighted by Crippen LogP contribution is -2.48. The van der Waals surface area contributed by atoms with Gasteiger partial charge in [-0.2, -0.15) is 0 Å². The molecule has 0 heterocycles. The van der Waals surface area contributed by atoms with Crippen molar-refractivity contribution in [2.45, 2.75) is 88.7 Å². The van der Waals surface area contributed by atoms with E-state index in [1.807, 2.05) is 0 Å². The Morgan fingerprint density at radius 2 is 1.12 bits per heavy atom. The maximum Gasteiger partial charge on any atom is 0.247 e. The van der Waals surface area contributed by atoms with Gasteiger partial charge in [-0.05, 0) is 62.7 Å². The number of alkyl halides is 7. The average molecular weight is 388 g/mol. The van der Waals surface area contributed by atoms with Gasteiger partial charge in [0.25, 0.3) is 0 Å². The van der Waals surface area contributed by atoms with Crippen LogP contribution in [0.1, 0.15) is 51.4 Å². The molecule has 0 aromatic carbocycles. The van der Waals surface area contributed by atoms with Crippen LogP contribution in [-0.2, 0) is 0 Å². The molecule has 0 spiro atoms. The first-order valence-electron chi connectivity index (χ1n) is 9.76. The predicted molar refractivity (Wildman–Crippen MR) is 84.9 cm³/mol. The lowest BCUT2D eigenvalue weighted by atomic mass is 9.63. The standard InChI is InChI=1S/C19H27F7/c20-12-3-1-2-9(4-12)10-5-13(21)17(14(22)6-10)11-7-15(23)18(19(25)26)16(24)8-11/h9-19H,1-8H2. The summed E-state index contributed by atoms with van der Waals surface area (Å²) >= 11 is 0. The second-order valence-electron chi connectivity index (χ2n) is 8.54. The van der Waals surface area contributed by atoms with Crippen molar-refractivity contribution >= 4 is 0 Å². The quantitative estimate of drug-likeness (QED) is 0.506. The molecule has 3 aliphatic carbocycles. The zero-order valence-electron chi connectivity index (χ0n) is 14.7. The van der Waals surface area contributed by atoms with Crippen LogP contribution >= 0.6 is 0 Å². The first kappa shape index (κ1) is 20.2. The van der Waals surface area contributed by atoms with Gasteiger partial charge in [0.15, 0.2) is 0 Å². The molecule has 0 aromatic rings. The summed E-state index contributed by atoms with van der Waals surface area (Å²) < 4.78 is 96.7. The molecular formula is C19H27F7. The summed E-state index contributed by atoms with van der Waals surface area (Å²) in [6.07, 6.45) is -9.70. The van der Waals surface area contributed by atoms with E-state index in [0.29, 0.717) is 19.3 Å². The van der Waals surface area contributed by atoms with Gasteiger partial charge >= 0.3 is 0 Å². The maximum absolute atomic E-state index is 14.8. The fourth-order valence-corrected chi connectivity index (χ4v) is 5.63. The lowest BCUT2D eigenvalue weighted by Gasteiger charge is -2.45. The molecule has 7 heteroatoms. The van der Waals surface area contributed by atoms with E-state index >= 15 is 0 Å². The monoisotopic (exact) mass is 388 g/mol. The van der Waals surface area contributed by atoms with Crippen LogP contribution in [0.3, 0.4) is 0 Å². The third-order valence-electron chi connectivity index (χ3n) is 6.93. The summed E-state index contributed by atoms with van der Waals surface area (Å²) in [4.78, 5) is 0. The first-order valence-corrected chi connectivity index (χ1v) is 9.76. The van der Waals surface area contributed by atoms with Crippen LogP contribution < -0.4 is 0 Å². The Bertz CT molecular complexity index is 435. The fraction of sp³-hybridized carbons (Fsp3) is 1.00. The van der Waals surface area contributed by atoms with Crippen LogP contribution in [0, 0.1) is 29.6 Å².